The molecule has 8 N–H and O–H groups in total. The van der Waals surface area contributed by atoms with Crippen LogP contribution in [-0.4, -0.2) is 87.4 Å². The van der Waals surface area contributed by atoms with Crippen LogP contribution in [-0.2, 0) is 94.1 Å². The number of aromatic nitrogens is 16. The minimum absolute atomic E-state index is 0.0487. The molecule has 12 aromatic rings. The minimum atomic E-state index is -3.72. The van der Waals surface area contributed by atoms with Crippen molar-refractivity contribution in [1.82, 2.24) is 79.0 Å². The number of benzene rings is 4. The number of hydrogen-bond acceptors (Lipinski definition) is 15. The number of H-pyrrole nitrogens is 4. The second kappa shape index (κ2) is 31.7. The van der Waals surface area contributed by atoms with Crippen molar-refractivity contribution in [3.05, 3.63) is 225 Å². The first kappa shape index (κ1) is 68.5. The second-order valence-electron chi connectivity index (χ2n) is 22.8. The zero-order valence-corrected chi connectivity index (χ0v) is 55.6. The van der Waals surface area contributed by atoms with E-state index >= 15 is 0 Å². The standard InChI is InChI=1S/C18H23N5O.C17H21N5O3S.2C17H20N4O/c1-3-6-14-16-17(23(4-2)22-14)18(24)21-15(20-16)10-12-7-5-8-13(9-12)11-19;1-3-5-13-15-16(22(4-2)21-13)17(23)20-14(19-15)10-11-6-8-12(9-7-11)26(18,24)25;2*1-3-8-13-15-16(21(4-2)20-13)17(22)19-14(18-15)11-12-9-6-5-7-10-12/h5,7-9H,3-4,6,10-11,19H2,1-2H3,(H,20,21,24);6-9H,3-5,10H2,1-2H3,(H2,18,24,25)(H,19,20,23);2*5-7,9-10H,3-4,8,11H2,1-2H3,(H,18,19,22). The van der Waals surface area contributed by atoms with Crippen LogP contribution in [0.25, 0.3) is 44.1 Å². The molecule has 0 fully saturated rings. The van der Waals surface area contributed by atoms with Crippen LogP contribution in [0.4, 0.5) is 0 Å². The van der Waals surface area contributed by atoms with Gasteiger partial charge in [-0.2, -0.15) is 20.4 Å². The van der Waals surface area contributed by atoms with Crippen molar-refractivity contribution in [2.75, 3.05) is 0 Å². The molecule has 0 amide bonds. The van der Waals surface area contributed by atoms with Crippen molar-refractivity contribution < 1.29 is 8.42 Å². The molecule has 0 atom stereocenters. The van der Waals surface area contributed by atoms with Gasteiger partial charge in [-0.05, 0) is 93.3 Å². The largest absolute Gasteiger partial charge is 0.326 e. The van der Waals surface area contributed by atoms with Gasteiger partial charge in [0.2, 0.25) is 10.0 Å². The van der Waals surface area contributed by atoms with E-state index in [1.165, 1.54) is 12.1 Å². The molecule has 0 spiro atoms. The summed E-state index contributed by atoms with van der Waals surface area (Å²) < 4.78 is 29.6. The van der Waals surface area contributed by atoms with Crippen LogP contribution in [0.3, 0.4) is 0 Å². The minimum Gasteiger partial charge on any atom is -0.326 e. The third-order valence-electron chi connectivity index (χ3n) is 15.7. The summed E-state index contributed by atoms with van der Waals surface area (Å²) in [6, 6.07) is 34.3. The van der Waals surface area contributed by atoms with Gasteiger partial charge in [0.1, 0.15) is 45.4 Å². The van der Waals surface area contributed by atoms with E-state index in [1.807, 2.05) is 113 Å². The molecule has 8 heterocycles. The van der Waals surface area contributed by atoms with E-state index in [-0.39, 0.29) is 27.1 Å². The van der Waals surface area contributed by atoms with Gasteiger partial charge in [0, 0.05) is 58.4 Å². The van der Waals surface area contributed by atoms with E-state index in [0.29, 0.717) is 109 Å². The number of hydrogen-bond donors (Lipinski definition) is 6. The zero-order valence-electron chi connectivity index (χ0n) is 54.8. The van der Waals surface area contributed by atoms with E-state index in [4.69, 9.17) is 15.9 Å². The Balaban J connectivity index is 0.000000148. The van der Waals surface area contributed by atoms with Crippen LogP contribution >= 0.6 is 0 Å². The summed E-state index contributed by atoms with van der Waals surface area (Å²) in [4.78, 5) is 80.1. The number of nitrogens with zero attached hydrogens (tertiary/aromatic N) is 12. The first-order chi connectivity index (χ1) is 45.4. The summed E-state index contributed by atoms with van der Waals surface area (Å²) >= 11 is 0. The Morgan fingerprint density at radius 1 is 0.372 bits per heavy atom. The highest BCUT2D eigenvalue weighted by molar-refractivity contribution is 7.89. The van der Waals surface area contributed by atoms with Gasteiger partial charge in [-0.15, -0.1) is 0 Å². The number of sulfonamides is 1. The van der Waals surface area contributed by atoms with Gasteiger partial charge < -0.3 is 25.7 Å². The van der Waals surface area contributed by atoms with Gasteiger partial charge in [0.05, 0.1) is 27.7 Å². The molecule has 25 heteroatoms. The summed E-state index contributed by atoms with van der Waals surface area (Å²) in [5, 5.41) is 23.2. The Labute approximate surface area is 544 Å². The van der Waals surface area contributed by atoms with Crippen molar-refractivity contribution in [3.8, 4) is 0 Å². The van der Waals surface area contributed by atoms with Crippen LogP contribution in [0.15, 0.2) is 133 Å². The van der Waals surface area contributed by atoms with Crippen molar-refractivity contribution in [2.45, 2.75) is 170 Å². The molecule has 0 saturated carbocycles. The van der Waals surface area contributed by atoms with E-state index < -0.39 is 10.0 Å². The lowest BCUT2D eigenvalue weighted by atomic mass is 10.1. The Morgan fingerprint density at radius 2 is 0.649 bits per heavy atom. The van der Waals surface area contributed by atoms with Gasteiger partial charge in [0.25, 0.3) is 22.2 Å². The van der Waals surface area contributed by atoms with Crippen molar-refractivity contribution >= 4 is 54.2 Å². The number of rotatable bonds is 22. The maximum absolute atomic E-state index is 12.5. The number of aryl methyl sites for hydroxylation is 8. The second-order valence-corrected chi connectivity index (χ2v) is 24.3. The predicted octanol–water partition coefficient (Wildman–Crippen LogP) is 8.84. The monoisotopic (exact) mass is 1290 g/mol. The molecule has 0 bridgehead atoms. The molecule has 4 aromatic carbocycles. The smallest absolute Gasteiger partial charge is 0.277 e. The van der Waals surface area contributed by atoms with Gasteiger partial charge in [-0.25, -0.2) is 33.5 Å². The molecule has 8 aromatic heterocycles. The lowest BCUT2D eigenvalue weighted by Crippen LogP contribution is -2.15. The molecule has 0 unspecified atom stereocenters. The van der Waals surface area contributed by atoms with Gasteiger partial charge in [-0.3, -0.25) is 37.9 Å². The number of nitrogens with two attached hydrogens (primary N) is 2. The highest BCUT2D eigenvalue weighted by atomic mass is 32.2. The predicted molar refractivity (Wildman–Crippen MR) is 368 cm³/mol. The number of aromatic amines is 4. The molecule has 492 valence electrons. The van der Waals surface area contributed by atoms with Crippen LogP contribution in [0.5, 0.6) is 0 Å². The van der Waals surface area contributed by atoms with Crippen LogP contribution < -0.4 is 33.1 Å². The normalized spacial score (nSPS) is 11.4. The molecular weight excluding hydrogens is 1210 g/mol. The molecular formula is C69H84N18O6S. The van der Waals surface area contributed by atoms with Crippen LogP contribution in [0.1, 0.15) is 155 Å². The first-order valence-electron chi connectivity index (χ1n) is 32.4. The molecule has 0 aliphatic carbocycles. The molecule has 24 nitrogen and oxygen atoms in total. The molecule has 0 aliphatic rings. The van der Waals surface area contributed by atoms with Gasteiger partial charge in [0.15, 0.2) is 22.1 Å². The van der Waals surface area contributed by atoms with Crippen molar-refractivity contribution in [3.63, 3.8) is 0 Å². The number of nitrogens with one attached hydrogen (secondary N) is 4. The average Bonchev–Trinajstić information content (AvgIpc) is 1.65. The Bertz CT molecular complexity index is 4760. The Kier molecular flexibility index (Phi) is 23.1. The Hall–Kier alpha value is -9.85. The molecule has 12 rings (SSSR count). The fourth-order valence-electron chi connectivity index (χ4n) is 11.3. The summed E-state index contributed by atoms with van der Waals surface area (Å²) in [5.74, 6) is 2.56. The summed E-state index contributed by atoms with van der Waals surface area (Å²) in [5.41, 5.74) is 19.0. The highest BCUT2D eigenvalue weighted by Crippen LogP contribution is 2.21. The molecule has 94 heavy (non-hydrogen) atoms. The van der Waals surface area contributed by atoms with E-state index in [1.54, 1.807) is 30.9 Å². The Morgan fingerprint density at radius 3 is 0.926 bits per heavy atom. The zero-order chi connectivity index (χ0) is 67.1. The topological polar surface area (TPSA) is 340 Å². The fourth-order valence-corrected chi connectivity index (χ4v) is 11.8. The third kappa shape index (κ3) is 16.3. The van der Waals surface area contributed by atoms with Crippen molar-refractivity contribution in [2.24, 2.45) is 10.9 Å². The summed E-state index contributed by atoms with van der Waals surface area (Å²) in [7, 11) is -3.72. The lowest BCUT2D eigenvalue weighted by Gasteiger charge is -2.05. The SMILES string of the molecule is CCCc1nn(CC)c2c(=O)[nH]c(Cc3ccc(S(N)(=O)=O)cc3)nc12.CCCc1nn(CC)c2c(=O)[nH]c(Cc3cccc(CN)c3)nc12.CCCc1nn(CC)c2c(=O)[nH]c(Cc3ccccc3)nc12.CCCc1nn(CC)c2c(=O)[nH]c(Cc3ccccc3)nc12. The summed E-state index contributed by atoms with van der Waals surface area (Å²) in [6.07, 6.45) is 9.29. The maximum Gasteiger partial charge on any atom is 0.277 e. The molecule has 0 radical (unpaired) electrons. The van der Waals surface area contributed by atoms with Gasteiger partial charge in [-0.1, -0.05) is 150 Å². The molecule has 0 aliphatic heterocycles. The molecule has 0 saturated heterocycles. The van der Waals surface area contributed by atoms with E-state index in [0.717, 1.165) is 119 Å². The average molecular weight is 1290 g/mol. The van der Waals surface area contributed by atoms with E-state index in [9.17, 15) is 27.6 Å². The maximum atomic E-state index is 12.5. The van der Waals surface area contributed by atoms with Crippen LogP contribution in [0.2, 0.25) is 0 Å². The number of primary sulfonamides is 1. The van der Waals surface area contributed by atoms with Crippen LogP contribution in [0, 0.1) is 0 Å². The third-order valence-corrected chi connectivity index (χ3v) is 16.6. The highest BCUT2D eigenvalue weighted by Gasteiger charge is 2.20. The fraction of sp³-hybridized carbons (Fsp3) is 0.362. The van der Waals surface area contributed by atoms with Gasteiger partial charge >= 0.3 is 0 Å². The quantitative estimate of drug-likeness (QED) is 0.0369. The number of fused-ring (bicyclic) bond motifs is 4. The first-order valence-corrected chi connectivity index (χ1v) is 33.9. The van der Waals surface area contributed by atoms with Crippen molar-refractivity contribution in [1.29, 1.82) is 0 Å². The van der Waals surface area contributed by atoms with E-state index in [2.05, 4.69) is 83.0 Å². The lowest BCUT2D eigenvalue weighted by molar-refractivity contribution is 0.597. The summed E-state index contributed by atoms with van der Waals surface area (Å²) in [6.45, 7) is 19.3.